The minimum Gasteiger partial charge on any atom is -0.466 e. The maximum atomic E-state index is 12.1. The molecule has 0 aliphatic carbocycles. The van der Waals surface area contributed by atoms with E-state index in [0.717, 1.165) is 12.0 Å². The maximum Gasteiger partial charge on any atom is 0.466 e. The Morgan fingerprint density at radius 1 is 1.08 bits per heavy atom. The summed E-state index contributed by atoms with van der Waals surface area (Å²) in [6, 6.07) is 8.32. The summed E-state index contributed by atoms with van der Waals surface area (Å²) in [6.07, 6.45) is 1.23. The molecule has 1 aliphatic heterocycles. The molecule has 4 nitrogen and oxygen atoms in total. The average molecular weight is 332 g/mol. The van der Waals surface area contributed by atoms with E-state index in [0.29, 0.717) is 6.61 Å². The predicted octanol–water partition coefficient (Wildman–Crippen LogP) is 3.92. The van der Waals surface area contributed by atoms with Crippen LogP contribution in [0.5, 0.6) is 0 Å². The number of hydrogen-bond acceptors (Lipinski definition) is 4. The van der Waals surface area contributed by atoms with E-state index in [-0.39, 0.29) is 18.2 Å². The fourth-order valence-electron chi connectivity index (χ4n) is 2.82. The van der Waals surface area contributed by atoms with Gasteiger partial charge >= 0.3 is 13.1 Å². The Balaban J connectivity index is 2.27. The molecule has 5 heteroatoms. The van der Waals surface area contributed by atoms with Crippen LogP contribution in [-0.4, -0.2) is 30.9 Å². The van der Waals surface area contributed by atoms with Crippen molar-refractivity contribution in [3.63, 3.8) is 0 Å². The lowest BCUT2D eigenvalue weighted by Gasteiger charge is -2.32. The van der Waals surface area contributed by atoms with E-state index >= 15 is 0 Å². The van der Waals surface area contributed by atoms with E-state index in [1.165, 1.54) is 5.56 Å². The van der Waals surface area contributed by atoms with Gasteiger partial charge in [-0.2, -0.15) is 0 Å². The van der Waals surface area contributed by atoms with Crippen LogP contribution in [0.25, 0.3) is 0 Å². The molecule has 1 heterocycles. The van der Waals surface area contributed by atoms with Gasteiger partial charge in [-0.15, -0.1) is 0 Å². The summed E-state index contributed by atoms with van der Waals surface area (Å²) in [5.74, 6) is -0.409. The van der Waals surface area contributed by atoms with Gasteiger partial charge in [0.25, 0.3) is 0 Å². The van der Waals surface area contributed by atoms with Crippen molar-refractivity contribution in [2.75, 3.05) is 6.61 Å². The second kappa shape index (κ2) is 7.28. The number of rotatable bonds is 6. The normalized spacial score (nSPS) is 20.0. The molecule has 1 unspecified atom stereocenters. The first kappa shape index (κ1) is 19.0. The molecule has 0 bridgehead atoms. The van der Waals surface area contributed by atoms with Gasteiger partial charge in [0.2, 0.25) is 0 Å². The molecule has 1 atom stereocenters. The van der Waals surface area contributed by atoms with Crippen LogP contribution < -0.4 is 0 Å². The fraction of sp³-hybridized carbons (Fsp3) is 0.632. The van der Waals surface area contributed by atoms with E-state index in [9.17, 15) is 4.79 Å². The average Bonchev–Trinajstić information content (AvgIpc) is 2.73. The predicted molar refractivity (Wildman–Crippen MR) is 95.9 cm³/mol. The summed E-state index contributed by atoms with van der Waals surface area (Å²) in [6.45, 7) is 12.4. The van der Waals surface area contributed by atoms with Crippen LogP contribution in [0.1, 0.15) is 64.9 Å². The van der Waals surface area contributed by atoms with E-state index in [4.69, 9.17) is 14.0 Å². The largest absolute Gasteiger partial charge is 0.466 e. The Morgan fingerprint density at radius 2 is 1.62 bits per heavy atom. The van der Waals surface area contributed by atoms with Gasteiger partial charge in [-0.05, 0) is 52.2 Å². The van der Waals surface area contributed by atoms with Gasteiger partial charge in [0.1, 0.15) is 0 Å². The van der Waals surface area contributed by atoms with Crippen LogP contribution in [0.15, 0.2) is 24.3 Å². The summed E-state index contributed by atoms with van der Waals surface area (Å²) < 4.78 is 17.5. The number of carbonyl (C=O) groups excluding carboxylic acids is 1. The molecule has 1 saturated heterocycles. The molecule has 1 aliphatic rings. The van der Waals surface area contributed by atoms with Crippen molar-refractivity contribution in [2.45, 2.75) is 71.4 Å². The van der Waals surface area contributed by atoms with Crippen molar-refractivity contribution in [1.29, 1.82) is 0 Å². The lowest BCUT2D eigenvalue weighted by molar-refractivity contribution is -0.143. The number of benzene rings is 1. The zero-order valence-corrected chi connectivity index (χ0v) is 15.7. The van der Waals surface area contributed by atoms with Crippen molar-refractivity contribution >= 4 is 13.1 Å². The third-order valence-electron chi connectivity index (χ3n) is 5.11. The van der Waals surface area contributed by atoms with Gasteiger partial charge in [-0.3, -0.25) is 4.79 Å². The van der Waals surface area contributed by atoms with Gasteiger partial charge in [-0.25, -0.2) is 0 Å². The number of hydrogen-bond donors (Lipinski definition) is 0. The van der Waals surface area contributed by atoms with Crippen molar-refractivity contribution in [3.05, 3.63) is 35.4 Å². The Bertz CT molecular complexity index is 549. The maximum absolute atomic E-state index is 12.1. The lowest BCUT2D eigenvalue weighted by Crippen LogP contribution is -2.41. The Labute approximate surface area is 146 Å². The number of aryl methyl sites for hydroxylation is 1. The monoisotopic (exact) mass is 332 g/mol. The van der Waals surface area contributed by atoms with Gasteiger partial charge in [0.05, 0.1) is 24.2 Å². The topological polar surface area (TPSA) is 44.8 Å². The van der Waals surface area contributed by atoms with Crippen molar-refractivity contribution < 1.29 is 18.8 Å². The quantitative estimate of drug-likeness (QED) is 0.585. The molecule has 1 aromatic rings. The van der Waals surface area contributed by atoms with Gasteiger partial charge in [-0.1, -0.05) is 31.2 Å². The van der Waals surface area contributed by atoms with E-state index < -0.39 is 18.3 Å². The van der Waals surface area contributed by atoms with Crippen molar-refractivity contribution in [2.24, 2.45) is 0 Å². The summed E-state index contributed by atoms with van der Waals surface area (Å²) >= 11 is 0. The van der Waals surface area contributed by atoms with Crippen molar-refractivity contribution in [3.8, 4) is 0 Å². The van der Waals surface area contributed by atoms with Gasteiger partial charge < -0.3 is 14.0 Å². The summed E-state index contributed by atoms with van der Waals surface area (Å²) in [4.78, 5) is 12.1. The molecule has 1 aromatic carbocycles. The van der Waals surface area contributed by atoms with Crippen LogP contribution in [0.3, 0.4) is 0 Å². The molecular weight excluding hydrogens is 303 g/mol. The minimum absolute atomic E-state index is 0.184. The molecule has 1 fully saturated rings. The van der Waals surface area contributed by atoms with Crippen LogP contribution in [-0.2, 0) is 25.3 Å². The first-order valence-corrected chi connectivity index (χ1v) is 8.80. The zero-order chi connectivity index (χ0) is 18.0. The SMILES string of the molecule is CCOC(=O)CC(B1OC(C)(C)C(C)(C)O1)c1ccc(CC)cc1. The molecule has 0 N–H and O–H groups in total. The molecular formula is C19H29BO4. The molecule has 0 spiro atoms. The summed E-state index contributed by atoms with van der Waals surface area (Å²) in [5, 5.41) is 0. The highest BCUT2D eigenvalue weighted by Crippen LogP contribution is 2.41. The Kier molecular flexibility index (Phi) is 5.76. The molecule has 2 rings (SSSR count). The second-order valence-electron chi connectivity index (χ2n) is 7.34. The third kappa shape index (κ3) is 4.01. The first-order chi connectivity index (χ1) is 11.2. The van der Waals surface area contributed by atoms with Crippen LogP contribution in [0.2, 0.25) is 0 Å². The van der Waals surface area contributed by atoms with E-state index in [1.807, 2.05) is 34.6 Å². The molecule has 0 radical (unpaired) electrons. The first-order valence-electron chi connectivity index (χ1n) is 8.80. The smallest absolute Gasteiger partial charge is 0.466 e. The second-order valence-corrected chi connectivity index (χ2v) is 7.34. The lowest BCUT2D eigenvalue weighted by atomic mass is 9.66. The highest BCUT2D eigenvalue weighted by molar-refractivity contribution is 6.48. The highest BCUT2D eigenvalue weighted by Gasteiger charge is 2.54. The van der Waals surface area contributed by atoms with Crippen molar-refractivity contribution in [1.82, 2.24) is 0 Å². The van der Waals surface area contributed by atoms with Gasteiger partial charge in [0, 0.05) is 5.82 Å². The van der Waals surface area contributed by atoms with E-state index in [1.54, 1.807) is 0 Å². The molecule has 0 saturated carbocycles. The summed E-state index contributed by atoms with van der Waals surface area (Å²) in [7, 11) is -0.466. The zero-order valence-electron chi connectivity index (χ0n) is 15.7. The number of ether oxygens (including phenoxy) is 1. The number of esters is 1. The Hall–Kier alpha value is -1.33. The highest BCUT2D eigenvalue weighted by atomic mass is 16.7. The van der Waals surface area contributed by atoms with Crippen LogP contribution in [0.4, 0.5) is 0 Å². The third-order valence-corrected chi connectivity index (χ3v) is 5.11. The van der Waals surface area contributed by atoms with Crippen LogP contribution >= 0.6 is 0 Å². The molecule has 0 amide bonds. The summed E-state index contributed by atoms with van der Waals surface area (Å²) in [5.41, 5.74) is 1.46. The molecule has 132 valence electrons. The number of carbonyl (C=O) groups is 1. The molecule has 24 heavy (non-hydrogen) atoms. The molecule has 0 aromatic heterocycles. The van der Waals surface area contributed by atoms with E-state index in [2.05, 4.69) is 31.2 Å². The van der Waals surface area contributed by atoms with Crippen LogP contribution in [0, 0.1) is 0 Å². The standard InChI is InChI=1S/C19H29BO4/c1-7-14-9-11-15(12-10-14)16(13-17(21)22-8-2)20-23-18(3,4)19(5,6)24-20/h9-12,16H,7-8,13H2,1-6H3. The fourth-order valence-corrected chi connectivity index (χ4v) is 2.82. The minimum atomic E-state index is -0.466. The van der Waals surface area contributed by atoms with Gasteiger partial charge in [0.15, 0.2) is 0 Å². The Morgan fingerprint density at radius 3 is 2.08 bits per heavy atom.